The van der Waals surface area contributed by atoms with E-state index in [0.29, 0.717) is 0 Å². The average molecular weight is 417 g/mol. The highest BCUT2D eigenvalue weighted by Gasteiger charge is 2.19. The lowest BCUT2D eigenvalue weighted by atomic mass is 9.89. The van der Waals surface area contributed by atoms with Crippen LogP contribution < -0.4 is 0 Å². The Labute approximate surface area is 182 Å². The molecule has 6 heteroatoms. The minimum Gasteiger partial charge on any atom is -0.339 e. The maximum absolute atomic E-state index is 12.7. The fourth-order valence-corrected chi connectivity index (χ4v) is 4.13. The van der Waals surface area contributed by atoms with Crippen LogP contribution in [0.2, 0.25) is 0 Å². The number of aryl methyl sites for hydroxylation is 2. The zero-order chi connectivity index (χ0) is 21.8. The minimum absolute atomic E-state index is 0.0286. The van der Waals surface area contributed by atoms with Gasteiger partial charge in [0.1, 0.15) is 12.7 Å². The molecule has 4 rings (SSSR count). The molecule has 31 heavy (non-hydrogen) atoms. The second-order valence-electron chi connectivity index (χ2n) is 8.23. The van der Waals surface area contributed by atoms with Gasteiger partial charge in [0, 0.05) is 25.5 Å². The number of fused-ring (bicyclic) bond motifs is 1. The lowest BCUT2D eigenvalue weighted by Crippen LogP contribution is -2.29. The number of carbonyl (C=O) groups excluding carboxylic acids is 2. The van der Waals surface area contributed by atoms with E-state index in [4.69, 9.17) is 0 Å². The predicted molar refractivity (Wildman–Crippen MR) is 119 cm³/mol. The maximum atomic E-state index is 12.7. The molecule has 0 unspecified atom stereocenters. The highest BCUT2D eigenvalue weighted by Crippen LogP contribution is 2.24. The third kappa shape index (κ3) is 4.74. The molecule has 0 bridgehead atoms. The van der Waals surface area contributed by atoms with Crippen molar-refractivity contribution in [3.63, 3.8) is 0 Å². The van der Waals surface area contributed by atoms with Crippen molar-refractivity contribution in [2.45, 2.75) is 51.5 Å². The Bertz CT molecular complexity index is 1060. The molecule has 2 aromatic carbocycles. The number of amides is 1. The van der Waals surface area contributed by atoms with Crippen LogP contribution in [-0.2, 0) is 17.6 Å². The molecule has 3 aromatic rings. The van der Waals surface area contributed by atoms with Crippen molar-refractivity contribution in [1.29, 1.82) is 0 Å². The van der Waals surface area contributed by atoms with Gasteiger partial charge in [-0.15, -0.1) is 0 Å². The second kappa shape index (κ2) is 9.25. The second-order valence-corrected chi connectivity index (χ2v) is 8.23. The quantitative estimate of drug-likeness (QED) is 0.538. The summed E-state index contributed by atoms with van der Waals surface area (Å²) < 4.78 is 1.69. The lowest BCUT2D eigenvalue weighted by Gasteiger charge is -2.25. The first-order chi connectivity index (χ1) is 15.0. The van der Waals surface area contributed by atoms with Crippen LogP contribution in [-0.4, -0.2) is 38.4 Å². The summed E-state index contributed by atoms with van der Waals surface area (Å²) in [5, 5.41) is 4.12. The number of nitrogens with zero attached hydrogens (tertiary/aromatic N) is 4. The zero-order valence-corrected chi connectivity index (χ0v) is 18.1. The van der Waals surface area contributed by atoms with Gasteiger partial charge in [-0.2, -0.15) is 5.10 Å². The van der Waals surface area contributed by atoms with Crippen molar-refractivity contribution in [1.82, 2.24) is 19.7 Å². The summed E-state index contributed by atoms with van der Waals surface area (Å²) in [6.07, 6.45) is 8.15. The van der Waals surface area contributed by atoms with E-state index in [1.54, 1.807) is 23.0 Å². The van der Waals surface area contributed by atoms with E-state index in [0.717, 1.165) is 29.7 Å². The molecule has 0 aliphatic heterocycles. The van der Waals surface area contributed by atoms with Crippen LogP contribution >= 0.6 is 0 Å². The summed E-state index contributed by atoms with van der Waals surface area (Å²) >= 11 is 0. The summed E-state index contributed by atoms with van der Waals surface area (Å²) in [5.41, 5.74) is 5.33. The van der Waals surface area contributed by atoms with Gasteiger partial charge in [-0.3, -0.25) is 9.59 Å². The molecular weight excluding hydrogens is 388 g/mol. The number of ketones is 1. The van der Waals surface area contributed by atoms with Crippen molar-refractivity contribution in [2.75, 3.05) is 7.05 Å². The van der Waals surface area contributed by atoms with Gasteiger partial charge in [-0.1, -0.05) is 24.3 Å². The van der Waals surface area contributed by atoms with Gasteiger partial charge in [-0.05, 0) is 67.5 Å². The van der Waals surface area contributed by atoms with Crippen LogP contribution in [0.15, 0.2) is 55.1 Å². The number of Topliss-reactive ketones (excluding diaryl/α,β-unsaturated/α-hetero) is 1. The number of aromatic nitrogens is 3. The van der Waals surface area contributed by atoms with Gasteiger partial charge >= 0.3 is 0 Å². The monoisotopic (exact) mass is 416 g/mol. The first-order valence-corrected chi connectivity index (χ1v) is 10.9. The zero-order valence-electron chi connectivity index (χ0n) is 18.1. The Morgan fingerprint density at radius 1 is 1.03 bits per heavy atom. The van der Waals surface area contributed by atoms with Crippen molar-refractivity contribution in [2.24, 2.45) is 0 Å². The maximum Gasteiger partial charge on any atom is 0.223 e. The van der Waals surface area contributed by atoms with E-state index in [1.807, 2.05) is 43.3 Å². The molecule has 1 amide bonds. The summed E-state index contributed by atoms with van der Waals surface area (Å²) in [5.74, 6) is 0.0131. The molecule has 0 fully saturated rings. The minimum atomic E-state index is -0.0869. The highest BCUT2D eigenvalue weighted by molar-refractivity contribution is 5.98. The lowest BCUT2D eigenvalue weighted by molar-refractivity contribution is -0.131. The summed E-state index contributed by atoms with van der Waals surface area (Å²) in [6.45, 7) is 1.99. The van der Waals surface area contributed by atoms with Gasteiger partial charge in [0.25, 0.3) is 0 Å². The van der Waals surface area contributed by atoms with Crippen LogP contribution in [0.25, 0.3) is 5.69 Å². The van der Waals surface area contributed by atoms with Crippen molar-refractivity contribution in [3.05, 3.63) is 77.4 Å². The number of hydrogen-bond donors (Lipinski definition) is 0. The van der Waals surface area contributed by atoms with Crippen LogP contribution in [0.3, 0.4) is 0 Å². The highest BCUT2D eigenvalue weighted by atomic mass is 16.2. The molecule has 1 aromatic heterocycles. The third-order valence-electron chi connectivity index (χ3n) is 6.27. The standard InChI is InChI=1S/C25H28N4O2/c1-18(19-9-11-23(12-10-19)29-17-26-16-27-29)28(2)25(31)14-13-24(30)22-8-7-20-5-3-4-6-21(20)15-22/h7-12,15-18H,3-6,13-14H2,1-2H3/t18-/m0/s1. The SMILES string of the molecule is C[C@@H](c1ccc(-n2cncn2)cc1)N(C)C(=O)CCC(=O)c1ccc2c(c1)CCCC2. The smallest absolute Gasteiger partial charge is 0.223 e. The van der Waals surface area contributed by atoms with Crippen LogP contribution in [0.1, 0.15) is 65.7 Å². The molecule has 0 N–H and O–H groups in total. The summed E-state index contributed by atoms with van der Waals surface area (Å²) in [4.78, 5) is 31.1. The Morgan fingerprint density at radius 2 is 1.77 bits per heavy atom. The van der Waals surface area contributed by atoms with Gasteiger partial charge in [0.15, 0.2) is 5.78 Å². The fourth-order valence-electron chi connectivity index (χ4n) is 4.13. The predicted octanol–water partition coefficient (Wildman–Crippen LogP) is 4.33. The molecule has 6 nitrogen and oxygen atoms in total. The Hall–Kier alpha value is -3.28. The molecule has 1 heterocycles. The number of rotatable bonds is 7. The summed E-state index contributed by atoms with van der Waals surface area (Å²) in [6, 6.07) is 13.8. The number of hydrogen-bond acceptors (Lipinski definition) is 4. The number of carbonyl (C=O) groups is 2. The van der Waals surface area contributed by atoms with Crippen molar-refractivity contribution < 1.29 is 9.59 Å². The third-order valence-corrected chi connectivity index (χ3v) is 6.27. The molecule has 160 valence electrons. The Morgan fingerprint density at radius 3 is 2.48 bits per heavy atom. The first kappa shape index (κ1) is 21.0. The molecule has 0 radical (unpaired) electrons. The van der Waals surface area contributed by atoms with Crippen molar-refractivity contribution in [3.8, 4) is 5.69 Å². The van der Waals surface area contributed by atoms with E-state index < -0.39 is 0 Å². The van der Waals surface area contributed by atoms with Gasteiger partial charge in [0.2, 0.25) is 5.91 Å². The van der Waals surface area contributed by atoms with E-state index in [1.165, 1.54) is 30.3 Å². The van der Waals surface area contributed by atoms with Gasteiger partial charge in [-0.25, -0.2) is 9.67 Å². The van der Waals surface area contributed by atoms with Gasteiger partial charge < -0.3 is 4.90 Å². The van der Waals surface area contributed by atoms with Crippen LogP contribution in [0.5, 0.6) is 0 Å². The molecule has 1 atom stereocenters. The molecule has 0 spiro atoms. The fraction of sp³-hybridized carbons (Fsp3) is 0.360. The molecular formula is C25H28N4O2. The normalized spacial score (nSPS) is 14.0. The molecule has 0 saturated heterocycles. The topological polar surface area (TPSA) is 68.1 Å². The largest absolute Gasteiger partial charge is 0.339 e. The van der Waals surface area contributed by atoms with E-state index in [9.17, 15) is 9.59 Å². The molecule has 1 aliphatic carbocycles. The van der Waals surface area contributed by atoms with E-state index in [2.05, 4.69) is 16.1 Å². The molecule has 1 aliphatic rings. The van der Waals surface area contributed by atoms with Crippen LogP contribution in [0, 0.1) is 0 Å². The Kier molecular flexibility index (Phi) is 6.26. The van der Waals surface area contributed by atoms with E-state index >= 15 is 0 Å². The first-order valence-electron chi connectivity index (χ1n) is 10.9. The van der Waals surface area contributed by atoms with Crippen LogP contribution in [0.4, 0.5) is 0 Å². The molecule has 0 saturated carbocycles. The van der Waals surface area contributed by atoms with Crippen molar-refractivity contribution >= 4 is 11.7 Å². The van der Waals surface area contributed by atoms with Gasteiger partial charge in [0.05, 0.1) is 11.7 Å². The average Bonchev–Trinajstić information content (AvgIpc) is 3.36. The summed E-state index contributed by atoms with van der Waals surface area (Å²) in [7, 11) is 1.79. The Balaban J connectivity index is 1.34. The number of benzene rings is 2. The van der Waals surface area contributed by atoms with E-state index in [-0.39, 0.29) is 30.6 Å².